The number of aliphatic hydroxyl groups excluding tert-OH is 1. The van der Waals surface area contributed by atoms with Gasteiger partial charge in [0, 0.05) is 17.6 Å². The van der Waals surface area contributed by atoms with Crippen LogP contribution in [0.5, 0.6) is 0 Å². The van der Waals surface area contributed by atoms with Crippen molar-refractivity contribution in [3.8, 4) is 0 Å². The topological polar surface area (TPSA) is 49.5 Å². The molecule has 1 saturated heterocycles. The normalized spacial score (nSPS) is 30.2. The second-order valence-corrected chi connectivity index (χ2v) is 6.14. The molecule has 102 valence electrons. The first-order valence-corrected chi connectivity index (χ1v) is 7.12. The van der Waals surface area contributed by atoms with E-state index < -0.39 is 0 Å². The van der Waals surface area contributed by atoms with Gasteiger partial charge < -0.3 is 10.8 Å². The quantitative estimate of drug-likeness (QED) is 0.702. The van der Waals surface area contributed by atoms with Crippen molar-refractivity contribution in [1.29, 1.82) is 0 Å². The van der Waals surface area contributed by atoms with Crippen molar-refractivity contribution in [2.45, 2.75) is 76.9 Å². The lowest BCUT2D eigenvalue weighted by molar-refractivity contribution is 0.0996. The van der Waals surface area contributed by atoms with Gasteiger partial charge in [0.15, 0.2) is 0 Å². The van der Waals surface area contributed by atoms with E-state index in [1.54, 1.807) is 0 Å². The number of piperidine rings is 1. The van der Waals surface area contributed by atoms with E-state index in [1.165, 1.54) is 32.2 Å². The Kier molecular flexibility index (Phi) is 5.90. The molecule has 0 aromatic carbocycles. The summed E-state index contributed by atoms with van der Waals surface area (Å²) in [5.74, 6) is 0. The van der Waals surface area contributed by atoms with Crippen LogP contribution < -0.4 is 5.73 Å². The molecule has 1 heterocycles. The van der Waals surface area contributed by atoms with E-state index in [1.807, 2.05) is 6.92 Å². The molecule has 0 aromatic heterocycles. The number of hydrogen-bond donors (Lipinski definition) is 2. The van der Waals surface area contributed by atoms with Crippen LogP contribution in [0.3, 0.4) is 0 Å². The van der Waals surface area contributed by atoms with Crippen LogP contribution >= 0.6 is 0 Å². The Morgan fingerprint density at radius 2 is 1.82 bits per heavy atom. The van der Waals surface area contributed by atoms with Crippen LogP contribution in [0.1, 0.15) is 59.3 Å². The van der Waals surface area contributed by atoms with E-state index in [2.05, 4.69) is 18.7 Å². The molecule has 1 aliphatic heterocycles. The number of hydrogen-bond acceptors (Lipinski definition) is 3. The average molecular weight is 242 g/mol. The average Bonchev–Trinajstić information content (AvgIpc) is 2.27. The minimum Gasteiger partial charge on any atom is -0.394 e. The van der Waals surface area contributed by atoms with Gasteiger partial charge >= 0.3 is 0 Å². The maximum Gasteiger partial charge on any atom is 0.0608 e. The Bertz CT molecular complexity index is 208. The van der Waals surface area contributed by atoms with Crippen LogP contribution in [0, 0.1) is 0 Å². The number of aliphatic hydroxyl groups is 1. The van der Waals surface area contributed by atoms with Gasteiger partial charge in [0.2, 0.25) is 0 Å². The highest BCUT2D eigenvalue weighted by molar-refractivity contribution is 4.80. The first-order chi connectivity index (χ1) is 7.96. The number of nitrogens with zero attached hydrogens (tertiary/aromatic N) is 1. The fourth-order valence-corrected chi connectivity index (χ4v) is 2.82. The van der Waals surface area contributed by atoms with Gasteiger partial charge in [-0.15, -0.1) is 0 Å². The van der Waals surface area contributed by atoms with E-state index in [0.29, 0.717) is 0 Å². The molecule has 0 aromatic rings. The maximum absolute atomic E-state index is 9.09. The van der Waals surface area contributed by atoms with Gasteiger partial charge in [-0.05, 0) is 53.0 Å². The molecule has 0 amide bonds. The van der Waals surface area contributed by atoms with Crippen molar-refractivity contribution in [3.63, 3.8) is 0 Å². The van der Waals surface area contributed by atoms with Crippen LogP contribution in [0.15, 0.2) is 0 Å². The van der Waals surface area contributed by atoms with Gasteiger partial charge in [-0.2, -0.15) is 0 Å². The van der Waals surface area contributed by atoms with E-state index in [4.69, 9.17) is 10.8 Å². The standard InChI is InChI=1S/C14H30N2O/c1-12-7-6-8-13(2)16(12)10-5-4-9-14(3,15)11-17/h12-13,17H,4-11,15H2,1-3H3. The minimum atomic E-state index is -0.390. The summed E-state index contributed by atoms with van der Waals surface area (Å²) in [6, 6.07) is 1.47. The lowest BCUT2D eigenvalue weighted by Gasteiger charge is -2.39. The third-order valence-corrected chi connectivity index (χ3v) is 4.15. The maximum atomic E-state index is 9.09. The van der Waals surface area contributed by atoms with E-state index >= 15 is 0 Å². The summed E-state index contributed by atoms with van der Waals surface area (Å²) >= 11 is 0. The molecule has 17 heavy (non-hydrogen) atoms. The van der Waals surface area contributed by atoms with Crippen LogP contribution in [0.4, 0.5) is 0 Å². The Morgan fingerprint density at radius 3 is 2.35 bits per heavy atom. The highest BCUT2D eigenvalue weighted by Gasteiger charge is 2.24. The monoisotopic (exact) mass is 242 g/mol. The molecule has 1 aliphatic rings. The SMILES string of the molecule is CC1CCCC(C)N1CCCCC(C)(N)CO. The molecular weight excluding hydrogens is 212 g/mol. The van der Waals surface area contributed by atoms with Crippen molar-refractivity contribution in [2.24, 2.45) is 5.73 Å². The van der Waals surface area contributed by atoms with Crippen molar-refractivity contribution >= 4 is 0 Å². The predicted molar refractivity (Wildman–Crippen MR) is 73.0 cm³/mol. The summed E-state index contributed by atoms with van der Waals surface area (Å²) in [5, 5.41) is 9.09. The van der Waals surface area contributed by atoms with Gasteiger partial charge in [0.25, 0.3) is 0 Å². The van der Waals surface area contributed by atoms with Gasteiger partial charge in [-0.3, -0.25) is 4.90 Å². The summed E-state index contributed by atoms with van der Waals surface area (Å²) in [6.45, 7) is 7.89. The number of rotatable bonds is 6. The number of nitrogens with two attached hydrogens (primary N) is 1. The van der Waals surface area contributed by atoms with Gasteiger partial charge in [-0.1, -0.05) is 12.8 Å². The van der Waals surface area contributed by atoms with Crippen molar-refractivity contribution in [3.05, 3.63) is 0 Å². The van der Waals surface area contributed by atoms with Crippen molar-refractivity contribution in [2.75, 3.05) is 13.2 Å². The summed E-state index contributed by atoms with van der Waals surface area (Å²) < 4.78 is 0. The molecule has 1 rings (SSSR count). The molecule has 0 saturated carbocycles. The van der Waals surface area contributed by atoms with Gasteiger partial charge in [0.05, 0.1) is 6.61 Å². The summed E-state index contributed by atoms with van der Waals surface area (Å²) in [7, 11) is 0. The summed E-state index contributed by atoms with van der Waals surface area (Å²) in [4.78, 5) is 2.64. The van der Waals surface area contributed by atoms with Crippen molar-refractivity contribution < 1.29 is 5.11 Å². The lowest BCUT2D eigenvalue weighted by atomic mass is 9.95. The summed E-state index contributed by atoms with van der Waals surface area (Å²) in [5.41, 5.74) is 5.54. The molecule has 3 nitrogen and oxygen atoms in total. The third kappa shape index (κ3) is 4.94. The van der Waals surface area contributed by atoms with E-state index in [0.717, 1.165) is 24.9 Å². The second-order valence-electron chi connectivity index (χ2n) is 6.14. The van der Waals surface area contributed by atoms with Gasteiger partial charge in [0.1, 0.15) is 0 Å². The molecule has 0 spiro atoms. The molecule has 1 fully saturated rings. The lowest BCUT2D eigenvalue weighted by Crippen LogP contribution is -2.44. The van der Waals surface area contributed by atoms with Crippen LogP contribution in [0.25, 0.3) is 0 Å². The van der Waals surface area contributed by atoms with Crippen LogP contribution in [-0.4, -0.2) is 40.8 Å². The molecule has 3 N–H and O–H groups in total. The Morgan fingerprint density at radius 1 is 1.24 bits per heavy atom. The minimum absolute atomic E-state index is 0.0868. The molecule has 0 radical (unpaired) electrons. The molecule has 0 aliphatic carbocycles. The second kappa shape index (κ2) is 6.72. The fourth-order valence-electron chi connectivity index (χ4n) is 2.82. The molecule has 0 bridgehead atoms. The van der Waals surface area contributed by atoms with Crippen LogP contribution in [0.2, 0.25) is 0 Å². The fraction of sp³-hybridized carbons (Fsp3) is 1.00. The summed E-state index contributed by atoms with van der Waals surface area (Å²) in [6.07, 6.45) is 7.29. The van der Waals surface area contributed by atoms with Crippen LogP contribution in [-0.2, 0) is 0 Å². The molecule has 3 unspecified atom stereocenters. The zero-order valence-electron chi connectivity index (χ0n) is 11.8. The Balaban J connectivity index is 2.21. The zero-order valence-corrected chi connectivity index (χ0v) is 11.8. The first kappa shape index (κ1) is 14.9. The number of unbranched alkanes of at least 4 members (excludes halogenated alkanes) is 1. The first-order valence-electron chi connectivity index (χ1n) is 7.12. The van der Waals surface area contributed by atoms with Crippen molar-refractivity contribution in [1.82, 2.24) is 4.90 Å². The largest absolute Gasteiger partial charge is 0.394 e. The number of likely N-dealkylation sites (tertiary alicyclic amines) is 1. The highest BCUT2D eigenvalue weighted by Crippen LogP contribution is 2.23. The smallest absolute Gasteiger partial charge is 0.0608 e. The molecule has 3 atom stereocenters. The molecular formula is C14H30N2O. The van der Waals surface area contributed by atoms with Gasteiger partial charge in [-0.25, -0.2) is 0 Å². The highest BCUT2D eigenvalue weighted by atomic mass is 16.3. The predicted octanol–water partition coefficient (Wildman–Crippen LogP) is 2.13. The molecule has 3 heteroatoms. The van der Waals surface area contributed by atoms with E-state index in [-0.39, 0.29) is 12.1 Å². The Labute approximate surface area is 106 Å². The Hall–Kier alpha value is -0.120. The van der Waals surface area contributed by atoms with E-state index in [9.17, 15) is 0 Å². The zero-order chi connectivity index (χ0) is 12.9. The third-order valence-electron chi connectivity index (χ3n) is 4.15.